The van der Waals surface area contributed by atoms with Crippen LogP contribution in [0.1, 0.15) is 32.5 Å². The summed E-state index contributed by atoms with van der Waals surface area (Å²) in [5, 5.41) is 20.0. The van der Waals surface area contributed by atoms with E-state index in [0.717, 1.165) is 11.3 Å². The summed E-state index contributed by atoms with van der Waals surface area (Å²) in [6.45, 7) is 1.74. The minimum Gasteiger partial charge on any atom is -0.507 e. The largest absolute Gasteiger partial charge is 0.507 e. The first-order chi connectivity index (χ1) is 16.2. The molecule has 1 aliphatic heterocycles. The Bertz CT molecular complexity index is 1310. The number of aliphatic hydroxyl groups excluding tert-OH is 1. The second-order valence-corrected chi connectivity index (χ2v) is 8.99. The predicted molar refractivity (Wildman–Crippen MR) is 127 cm³/mol. The number of rotatable bonds is 5. The summed E-state index contributed by atoms with van der Waals surface area (Å²) < 4.78 is 5.16. The van der Waals surface area contributed by atoms with Gasteiger partial charge in [0, 0.05) is 25.2 Å². The van der Waals surface area contributed by atoms with Crippen LogP contribution in [0.4, 0.5) is 5.13 Å². The molecule has 1 aromatic heterocycles. The fraction of sp³-hybridized carbons (Fsp3) is 0.208. The lowest BCUT2D eigenvalue weighted by molar-refractivity contribution is -0.132. The van der Waals surface area contributed by atoms with Crippen LogP contribution in [0.3, 0.4) is 0 Å². The molecule has 34 heavy (non-hydrogen) atoms. The van der Waals surface area contributed by atoms with E-state index in [0.29, 0.717) is 27.4 Å². The molecule has 9 nitrogen and oxygen atoms in total. The molecular formula is C24H22N4O5S. The molecule has 10 heteroatoms. The Morgan fingerprint density at radius 1 is 1.09 bits per heavy atom. The standard InChI is InChI=1S/C24H22N4O5S/c1-13-25-26-24(34-13)28-19(15-6-5-7-16(12-15)22(31)27(2)3)18(21(30)23(28)32)20(29)14-8-10-17(33-4)11-9-14/h5-12,19,29H,1-4H3. The number of benzene rings is 2. The lowest BCUT2D eigenvalue weighted by Gasteiger charge is -2.23. The zero-order valence-corrected chi connectivity index (χ0v) is 19.8. The van der Waals surface area contributed by atoms with Gasteiger partial charge in [-0.05, 0) is 48.9 Å². The molecule has 1 atom stereocenters. The number of carbonyl (C=O) groups excluding carboxylic acids is 3. The Labute approximate surface area is 199 Å². The van der Waals surface area contributed by atoms with Crippen molar-refractivity contribution in [3.63, 3.8) is 0 Å². The zero-order chi connectivity index (χ0) is 24.6. The van der Waals surface area contributed by atoms with Gasteiger partial charge in [0.1, 0.15) is 16.5 Å². The molecule has 1 fully saturated rings. The third-order valence-corrected chi connectivity index (χ3v) is 6.22. The SMILES string of the molecule is COc1ccc(C(O)=C2C(=O)C(=O)N(c3nnc(C)s3)C2c2cccc(C(=O)N(C)C)c2)cc1. The Morgan fingerprint density at radius 2 is 1.79 bits per heavy atom. The van der Waals surface area contributed by atoms with E-state index < -0.39 is 17.7 Å². The van der Waals surface area contributed by atoms with Gasteiger partial charge in [-0.3, -0.25) is 19.3 Å². The smallest absolute Gasteiger partial charge is 0.301 e. The van der Waals surface area contributed by atoms with E-state index in [9.17, 15) is 19.5 Å². The van der Waals surface area contributed by atoms with Crippen molar-refractivity contribution >= 4 is 39.8 Å². The van der Waals surface area contributed by atoms with Crippen LogP contribution in [-0.2, 0) is 9.59 Å². The summed E-state index contributed by atoms with van der Waals surface area (Å²) in [6, 6.07) is 12.1. The highest BCUT2D eigenvalue weighted by atomic mass is 32.1. The van der Waals surface area contributed by atoms with Crippen LogP contribution in [0, 0.1) is 6.92 Å². The molecule has 1 N–H and O–H groups in total. The van der Waals surface area contributed by atoms with Crippen molar-refractivity contribution in [1.29, 1.82) is 0 Å². The summed E-state index contributed by atoms with van der Waals surface area (Å²) in [7, 11) is 4.79. The van der Waals surface area contributed by atoms with E-state index in [-0.39, 0.29) is 22.4 Å². The van der Waals surface area contributed by atoms with E-state index in [1.807, 2.05) is 0 Å². The molecule has 174 valence electrons. The van der Waals surface area contributed by atoms with E-state index in [4.69, 9.17) is 4.74 Å². The normalized spacial score (nSPS) is 17.2. The fourth-order valence-corrected chi connectivity index (χ4v) is 4.45. The van der Waals surface area contributed by atoms with Gasteiger partial charge >= 0.3 is 5.91 Å². The maximum atomic E-state index is 13.2. The molecule has 3 aromatic rings. The van der Waals surface area contributed by atoms with Crippen LogP contribution in [0.5, 0.6) is 5.75 Å². The van der Waals surface area contributed by atoms with Crippen molar-refractivity contribution in [2.75, 3.05) is 26.1 Å². The van der Waals surface area contributed by atoms with Crippen LogP contribution >= 0.6 is 11.3 Å². The molecule has 2 aromatic carbocycles. The van der Waals surface area contributed by atoms with Crippen molar-refractivity contribution in [3.05, 3.63) is 75.8 Å². The average Bonchev–Trinajstić information content (AvgIpc) is 3.38. The van der Waals surface area contributed by atoms with Crippen LogP contribution in [0.2, 0.25) is 0 Å². The highest BCUT2D eigenvalue weighted by molar-refractivity contribution is 7.15. The number of Topliss-reactive ketones (excluding diaryl/α,β-unsaturated/α-hetero) is 1. The summed E-state index contributed by atoms with van der Waals surface area (Å²) in [5.41, 5.74) is 1.11. The molecule has 1 aliphatic rings. The number of ketones is 1. The number of ether oxygens (including phenoxy) is 1. The van der Waals surface area contributed by atoms with Gasteiger partial charge in [0.25, 0.3) is 11.7 Å². The number of methoxy groups -OCH3 is 1. The maximum Gasteiger partial charge on any atom is 0.301 e. The van der Waals surface area contributed by atoms with E-state index in [2.05, 4.69) is 10.2 Å². The quantitative estimate of drug-likeness (QED) is 0.340. The first kappa shape index (κ1) is 23.1. The van der Waals surface area contributed by atoms with Crippen molar-refractivity contribution in [2.45, 2.75) is 13.0 Å². The Morgan fingerprint density at radius 3 is 2.38 bits per heavy atom. The molecular weight excluding hydrogens is 456 g/mol. The van der Waals surface area contributed by atoms with Gasteiger partial charge in [0.05, 0.1) is 18.7 Å². The fourth-order valence-electron chi connectivity index (χ4n) is 3.73. The third-order valence-electron chi connectivity index (χ3n) is 5.38. The molecule has 2 amide bonds. The van der Waals surface area contributed by atoms with Gasteiger partial charge in [-0.25, -0.2) is 0 Å². The number of anilines is 1. The molecule has 0 radical (unpaired) electrons. The van der Waals surface area contributed by atoms with Gasteiger partial charge in [0.2, 0.25) is 5.13 Å². The zero-order valence-electron chi connectivity index (χ0n) is 19.0. The number of carbonyl (C=O) groups is 3. The van der Waals surface area contributed by atoms with Crippen LogP contribution in [-0.4, -0.2) is 59.0 Å². The van der Waals surface area contributed by atoms with Crippen molar-refractivity contribution in [1.82, 2.24) is 15.1 Å². The molecule has 0 spiro atoms. The van der Waals surface area contributed by atoms with Gasteiger partial charge in [-0.1, -0.05) is 23.5 Å². The van der Waals surface area contributed by atoms with Crippen LogP contribution < -0.4 is 9.64 Å². The first-order valence-corrected chi connectivity index (χ1v) is 11.1. The molecule has 4 rings (SSSR count). The van der Waals surface area contributed by atoms with Crippen molar-refractivity contribution < 1.29 is 24.2 Å². The minimum atomic E-state index is -0.996. The molecule has 0 bridgehead atoms. The van der Waals surface area contributed by atoms with E-state index in [1.165, 1.54) is 16.9 Å². The minimum absolute atomic E-state index is 0.0996. The molecule has 0 saturated carbocycles. The molecule has 2 heterocycles. The van der Waals surface area contributed by atoms with Crippen LogP contribution in [0.15, 0.2) is 54.1 Å². The summed E-state index contributed by atoms with van der Waals surface area (Å²) >= 11 is 1.15. The monoisotopic (exact) mass is 478 g/mol. The number of amides is 2. The number of hydrogen-bond acceptors (Lipinski definition) is 8. The van der Waals surface area contributed by atoms with Gasteiger partial charge in [-0.2, -0.15) is 0 Å². The molecule has 1 saturated heterocycles. The number of aryl methyl sites for hydroxylation is 1. The average molecular weight is 479 g/mol. The van der Waals surface area contributed by atoms with Crippen molar-refractivity contribution in [2.24, 2.45) is 0 Å². The Kier molecular flexibility index (Phi) is 6.16. The Hall–Kier alpha value is -4.05. The number of aromatic nitrogens is 2. The first-order valence-electron chi connectivity index (χ1n) is 10.3. The van der Waals surface area contributed by atoms with Gasteiger partial charge in [-0.15, -0.1) is 10.2 Å². The van der Waals surface area contributed by atoms with Crippen molar-refractivity contribution in [3.8, 4) is 5.75 Å². The second-order valence-electron chi connectivity index (χ2n) is 7.83. The lowest BCUT2D eigenvalue weighted by Crippen LogP contribution is -2.29. The van der Waals surface area contributed by atoms with Gasteiger partial charge < -0.3 is 14.7 Å². The van der Waals surface area contributed by atoms with E-state index >= 15 is 0 Å². The highest BCUT2D eigenvalue weighted by Crippen LogP contribution is 2.43. The number of aliphatic hydroxyl groups is 1. The second kappa shape index (κ2) is 9.06. The Balaban J connectivity index is 1.92. The lowest BCUT2D eigenvalue weighted by atomic mass is 9.94. The summed E-state index contributed by atoms with van der Waals surface area (Å²) in [5.74, 6) is -1.68. The summed E-state index contributed by atoms with van der Waals surface area (Å²) in [4.78, 5) is 41.6. The highest BCUT2D eigenvalue weighted by Gasteiger charge is 2.48. The molecule has 1 unspecified atom stereocenters. The van der Waals surface area contributed by atoms with E-state index in [1.54, 1.807) is 69.6 Å². The third kappa shape index (κ3) is 4.03. The van der Waals surface area contributed by atoms with Crippen LogP contribution in [0.25, 0.3) is 5.76 Å². The molecule has 0 aliphatic carbocycles. The summed E-state index contributed by atoms with van der Waals surface area (Å²) in [6.07, 6.45) is 0. The predicted octanol–water partition coefficient (Wildman–Crippen LogP) is 3.18. The van der Waals surface area contributed by atoms with Gasteiger partial charge in [0.15, 0.2) is 0 Å². The number of nitrogens with zero attached hydrogens (tertiary/aromatic N) is 4. The topological polar surface area (TPSA) is 113 Å². The number of hydrogen-bond donors (Lipinski definition) is 1. The maximum absolute atomic E-state index is 13.2.